The van der Waals surface area contributed by atoms with Crippen LogP contribution in [0, 0.1) is 23.1 Å². The van der Waals surface area contributed by atoms with E-state index in [4.69, 9.17) is 10.4 Å². The molecule has 1 aliphatic rings. The molecule has 19 heavy (non-hydrogen) atoms. The van der Waals surface area contributed by atoms with Crippen molar-refractivity contribution in [2.24, 2.45) is 5.92 Å². The third-order valence-corrected chi connectivity index (χ3v) is 3.71. The van der Waals surface area contributed by atoms with Crippen LogP contribution in [0.5, 0.6) is 0 Å². The summed E-state index contributed by atoms with van der Waals surface area (Å²) < 4.78 is 13.6. The average molecular weight is 262 g/mol. The van der Waals surface area contributed by atoms with Gasteiger partial charge >= 0.3 is 0 Å². The number of halogens is 1. The summed E-state index contributed by atoms with van der Waals surface area (Å²) in [6, 6.07) is 6.84. The molecule has 4 heteroatoms. The summed E-state index contributed by atoms with van der Waals surface area (Å²) in [6.07, 6.45) is 3.13. The maximum absolute atomic E-state index is 13.6. The van der Waals surface area contributed by atoms with Crippen LogP contribution < -0.4 is 5.32 Å². The van der Waals surface area contributed by atoms with Crippen molar-refractivity contribution >= 4 is 0 Å². The summed E-state index contributed by atoms with van der Waals surface area (Å²) in [4.78, 5) is 0. The molecule has 1 aromatic carbocycles. The van der Waals surface area contributed by atoms with Crippen molar-refractivity contribution in [1.82, 2.24) is 5.32 Å². The molecule has 0 heterocycles. The molecule has 0 amide bonds. The number of hydrogen-bond donors (Lipinski definition) is 2. The fourth-order valence-corrected chi connectivity index (χ4v) is 2.40. The van der Waals surface area contributed by atoms with Crippen LogP contribution in [0.3, 0.4) is 0 Å². The molecule has 0 bridgehead atoms. The van der Waals surface area contributed by atoms with Gasteiger partial charge in [0.2, 0.25) is 0 Å². The molecule has 1 aliphatic carbocycles. The Kier molecular flexibility index (Phi) is 4.52. The Bertz CT molecular complexity index is 480. The van der Waals surface area contributed by atoms with E-state index >= 15 is 0 Å². The van der Waals surface area contributed by atoms with Gasteiger partial charge in [-0.05, 0) is 49.8 Å². The van der Waals surface area contributed by atoms with Crippen molar-refractivity contribution in [3.63, 3.8) is 0 Å². The van der Waals surface area contributed by atoms with E-state index in [0.717, 1.165) is 12.0 Å². The van der Waals surface area contributed by atoms with E-state index in [1.165, 1.54) is 25.0 Å². The minimum absolute atomic E-state index is 0.0133. The monoisotopic (exact) mass is 262 g/mol. The van der Waals surface area contributed by atoms with Gasteiger partial charge in [0.15, 0.2) is 0 Å². The minimum atomic E-state index is -0.473. The smallest absolute Gasteiger partial charge is 0.141 e. The highest BCUT2D eigenvalue weighted by Gasteiger charge is 2.31. The summed E-state index contributed by atoms with van der Waals surface area (Å²) in [7, 11) is 0. The Morgan fingerprint density at radius 2 is 2.26 bits per heavy atom. The lowest BCUT2D eigenvalue weighted by Gasteiger charge is -2.23. The largest absolute Gasteiger partial charge is 0.396 e. The molecule has 102 valence electrons. The second-order valence-corrected chi connectivity index (χ2v) is 5.20. The predicted molar refractivity (Wildman–Crippen MR) is 70.9 cm³/mol. The van der Waals surface area contributed by atoms with Gasteiger partial charge in [-0.3, -0.25) is 0 Å². The van der Waals surface area contributed by atoms with Crippen molar-refractivity contribution < 1.29 is 9.50 Å². The van der Waals surface area contributed by atoms with Gasteiger partial charge in [0.25, 0.3) is 0 Å². The molecule has 3 nitrogen and oxygen atoms in total. The van der Waals surface area contributed by atoms with Gasteiger partial charge < -0.3 is 10.4 Å². The first kappa shape index (κ1) is 14.0. The maximum Gasteiger partial charge on any atom is 0.141 e. The molecular weight excluding hydrogens is 243 g/mol. The van der Waals surface area contributed by atoms with Crippen LogP contribution in [0.15, 0.2) is 18.2 Å². The highest BCUT2D eigenvalue weighted by atomic mass is 19.1. The Hall–Kier alpha value is -1.44. The number of rotatable bonds is 6. The molecule has 2 atom stereocenters. The van der Waals surface area contributed by atoms with Crippen molar-refractivity contribution in [3.05, 3.63) is 35.1 Å². The summed E-state index contributed by atoms with van der Waals surface area (Å²) in [6.45, 7) is 2.15. The molecule has 0 spiro atoms. The molecule has 0 aromatic heterocycles. The summed E-state index contributed by atoms with van der Waals surface area (Å²) in [5, 5.41) is 21.2. The Morgan fingerprint density at radius 3 is 2.79 bits per heavy atom. The topological polar surface area (TPSA) is 56.0 Å². The van der Waals surface area contributed by atoms with Crippen LogP contribution >= 0.6 is 0 Å². The fraction of sp³-hybridized carbons (Fsp3) is 0.533. The van der Waals surface area contributed by atoms with E-state index < -0.39 is 5.82 Å². The SMILES string of the molecule is CC(NC(CCO)C1CC1)c1ccc(C#N)c(F)c1. The highest BCUT2D eigenvalue weighted by molar-refractivity contribution is 5.34. The number of nitriles is 1. The molecule has 2 rings (SSSR count). The second-order valence-electron chi connectivity index (χ2n) is 5.20. The van der Waals surface area contributed by atoms with Crippen molar-refractivity contribution in [2.45, 2.75) is 38.3 Å². The summed E-state index contributed by atoms with van der Waals surface area (Å²) >= 11 is 0. The summed E-state index contributed by atoms with van der Waals surface area (Å²) in [5.74, 6) is 0.164. The van der Waals surface area contributed by atoms with Gasteiger partial charge in [-0.25, -0.2) is 4.39 Å². The van der Waals surface area contributed by atoms with E-state index in [0.29, 0.717) is 12.0 Å². The first-order chi connectivity index (χ1) is 9.15. The van der Waals surface area contributed by atoms with Crippen LogP contribution in [0.2, 0.25) is 0 Å². The van der Waals surface area contributed by atoms with Gasteiger partial charge in [0.1, 0.15) is 11.9 Å². The lowest BCUT2D eigenvalue weighted by Crippen LogP contribution is -2.34. The van der Waals surface area contributed by atoms with E-state index in [-0.39, 0.29) is 18.2 Å². The Balaban J connectivity index is 2.04. The quantitative estimate of drug-likeness (QED) is 0.828. The van der Waals surface area contributed by atoms with E-state index in [1.807, 2.05) is 13.0 Å². The number of nitrogens with one attached hydrogen (secondary N) is 1. The molecular formula is C15H19FN2O. The number of benzene rings is 1. The number of aliphatic hydroxyl groups is 1. The van der Waals surface area contributed by atoms with E-state index in [1.54, 1.807) is 6.07 Å². The van der Waals surface area contributed by atoms with Crippen LogP contribution in [-0.4, -0.2) is 17.8 Å². The molecule has 0 saturated heterocycles. The molecule has 2 unspecified atom stereocenters. The third kappa shape index (κ3) is 3.52. The Labute approximate surface area is 113 Å². The van der Waals surface area contributed by atoms with Crippen LogP contribution in [0.4, 0.5) is 4.39 Å². The lowest BCUT2D eigenvalue weighted by atomic mass is 10.0. The first-order valence-electron chi connectivity index (χ1n) is 6.72. The van der Waals surface area contributed by atoms with Crippen LogP contribution in [0.25, 0.3) is 0 Å². The zero-order valence-electron chi connectivity index (χ0n) is 11.1. The van der Waals surface area contributed by atoms with Gasteiger partial charge in [-0.1, -0.05) is 6.07 Å². The van der Waals surface area contributed by atoms with Gasteiger partial charge in [0.05, 0.1) is 5.56 Å². The van der Waals surface area contributed by atoms with Gasteiger partial charge in [-0.2, -0.15) is 5.26 Å². The average Bonchev–Trinajstić information content (AvgIpc) is 3.22. The van der Waals surface area contributed by atoms with Crippen molar-refractivity contribution in [2.75, 3.05) is 6.61 Å². The molecule has 0 radical (unpaired) electrons. The fourth-order valence-electron chi connectivity index (χ4n) is 2.40. The summed E-state index contributed by atoms with van der Waals surface area (Å²) in [5.41, 5.74) is 0.908. The van der Waals surface area contributed by atoms with Gasteiger partial charge in [0, 0.05) is 18.7 Å². The molecule has 1 saturated carbocycles. The molecule has 1 fully saturated rings. The highest BCUT2D eigenvalue weighted by Crippen LogP contribution is 2.35. The first-order valence-corrected chi connectivity index (χ1v) is 6.72. The number of nitrogens with zero attached hydrogens (tertiary/aromatic N) is 1. The predicted octanol–water partition coefficient (Wildman–Crippen LogP) is 2.51. The van der Waals surface area contributed by atoms with Crippen molar-refractivity contribution in [1.29, 1.82) is 5.26 Å². The third-order valence-electron chi connectivity index (χ3n) is 3.71. The minimum Gasteiger partial charge on any atom is -0.396 e. The standard InChI is InChI=1S/C15H19FN2O/c1-10(18-15(6-7-19)11-2-3-11)12-4-5-13(9-17)14(16)8-12/h4-5,8,10-11,15,18-19H,2-3,6-7H2,1H3. The second kappa shape index (κ2) is 6.14. The molecule has 2 N–H and O–H groups in total. The lowest BCUT2D eigenvalue weighted by molar-refractivity contribution is 0.250. The number of hydrogen-bond acceptors (Lipinski definition) is 3. The maximum atomic E-state index is 13.6. The number of aliphatic hydroxyl groups excluding tert-OH is 1. The van der Waals surface area contributed by atoms with E-state index in [2.05, 4.69) is 5.32 Å². The zero-order valence-corrected chi connectivity index (χ0v) is 11.1. The normalized spacial score (nSPS) is 17.8. The van der Waals surface area contributed by atoms with E-state index in [9.17, 15) is 4.39 Å². The Morgan fingerprint density at radius 1 is 1.53 bits per heavy atom. The zero-order chi connectivity index (χ0) is 13.8. The van der Waals surface area contributed by atoms with Crippen molar-refractivity contribution in [3.8, 4) is 6.07 Å². The van der Waals surface area contributed by atoms with Gasteiger partial charge in [-0.15, -0.1) is 0 Å². The molecule has 0 aliphatic heterocycles. The van der Waals surface area contributed by atoms with Crippen LogP contribution in [-0.2, 0) is 0 Å². The molecule has 1 aromatic rings. The van der Waals surface area contributed by atoms with Crippen LogP contribution in [0.1, 0.15) is 43.4 Å².